The molecule has 0 radical (unpaired) electrons. The molecule has 0 heterocycles. The van der Waals surface area contributed by atoms with Crippen LogP contribution in [0.3, 0.4) is 0 Å². The number of benzene rings is 10. The van der Waals surface area contributed by atoms with Crippen LogP contribution in [0.1, 0.15) is 0 Å². The summed E-state index contributed by atoms with van der Waals surface area (Å²) < 4.78 is 0. The lowest BCUT2D eigenvalue weighted by Crippen LogP contribution is -1.92. The largest absolute Gasteiger partial charge is 0.0616 e. The molecule has 10 aromatic carbocycles. The van der Waals surface area contributed by atoms with Gasteiger partial charge in [0, 0.05) is 0 Å². The van der Waals surface area contributed by atoms with E-state index in [-0.39, 0.29) is 0 Å². The molecule has 10 rings (SSSR count). The third-order valence-corrected chi connectivity index (χ3v) is 10.4. The van der Waals surface area contributed by atoms with Crippen LogP contribution in [-0.2, 0) is 0 Å². The standard InChI is InChI=1S/C50H32/c1-3-14-36-30-41(25-23-33(36)11-1)49-45-20-7-8-21-46(45)50(42-26-24-34-12-2-4-15-37(34)31-42)48-32-39(27-28-47(48)49)38-17-9-18-40(29-38)44-22-10-16-35-13-5-6-19-43(35)44/h1-32H. The molecule has 0 aromatic heterocycles. The summed E-state index contributed by atoms with van der Waals surface area (Å²) in [7, 11) is 0. The second-order valence-corrected chi connectivity index (χ2v) is 13.3. The summed E-state index contributed by atoms with van der Waals surface area (Å²) in [4.78, 5) is 0. The van der Waals surface area contributed by atoms with Gasteiger partial charge in [-0.05, 0) is 123 Å². The molecule has 0 heteroatoms. The van der Waals surface area contributed by atoms with Crippen LogP contribution in [0.15, 0.2) is 194 Å². The van der Waals surface area contributed by atoms with Crippen molar-refractivity contribution in [1.82, 2.24) is 0 Å². The van der Waals surface area contributed by atoms with Crippen molar-refractivity contribution in [2.45, 2.75) is 0 Å². The normalized spacial score (nSPS) is 11.6. The van der Waals surface area contributed by atoms with Crippen LogP contribution in [0.5, 0.6) is 0 Å². The predicted molar refractivity (Wildman–Crippen MR) is 216 cm³/mol. The maximum atomic E-state index is 2.43. The van der Waals surface area contributed by atoms with Crippen molar-refractivity contribution >= 4 is 53.9 Å². The van der Waals surface area contributed by atoms with Gasteiger partial charge in [-0.1, -0.05) is 170 Å². The molecular formula is C50H32. The minimum Gasteiger partial charge on any atom is -0.0616 e. The van der Waals surface area contributed by atoms with Gasteiger partial charge in [-0.15, -0.1) is 0 Å². The number of hydrogen-bond donors (Lipinski definition) is 0. The smallest absolute Gasteiger partial charge is 0.00259 e. The fraction of sp³-hybridized carbons (Fsp3) is 0. The van der Waals surface area contributed by atoms with Crippen molar-refractivity contribution in [3.8, 4) is 44.5 Å². The molecule has 0 bridgehead atoms. The van der Waals surface area contributed by atoms with E-state index in [1.54, 1.807) is 0 Å². The molecule has 0 N–H and O–H groups in total. The second-order valence-electron chi connectivity index (χ2n) is 13.3. The molecule has 0 aliphatic heterocycles. The van der Waals surface area contributed by atoms with Crippen LogP contribution in [0, 0.1) is 0 Å². The second kappa shape index (κ2) is 11.6. The van der Waals surface area contributed by atoms with E-state index in [1.807, 2.05) is 0 Å². The van der Waals surface area contributed by atoms with Gasteiger partial charge in [0.1, 0.15) is 0 Å². The summed E-state index contributed by atoms with van der Waals surface area (Å²) in [5.74, 6) is 0. The van der Waals surface area contributed by atoms with Crippen LogP contribution in [0.4, 0.5) is 0 Å². The first-order chi connectivity index (χ1) is 24.8. The Hall–Kier alpha value is -6.50. The molecule has 0 spiro atoms. The Bertz CT molecular complexity index is 2920. The van der Waals surface area contributed by atoms with Crippen LogP contribution >= 0.6 is 0 Å². The molecular weight excluding hydrogens is 601 g/mol. The average molecular weight is 633 g/mol. The minimum absolute atomic E-state index is 1.21. The molecule has 0 saturated carbocycles. The third-order valence-electron chi connectivity index (χ3n) is 10.4. The van der Waals surface area contributed by atoms with Crippen LogP contribution in [0.2, 0.25) is 0 Å². The summed E-state index contributed by atoms with van der Waals surface area (Å²) in [6, 6.07) is 71.5. The van der Waals surface area contributed by atoms with Gasteiger partial charge in [0.15, 0.2) is 0 Å². The first-order valence-corrected chi connectivity index (χ1v) is 17.3. The van der Waals surface area contributed by atoms with Gasteiger partial charge in [-0.2, -0.15) is 0 Å². The Morgan fingerprint density at radius 1 is 0.200 bits per heavy atom. The third kappa shape index (κ3) is 4.69. The molecule has 0 aliphatic rings. The van der Waals surface area contributed by atoms with Crippen molar-refractivity contribution < 1.29 is 0 Å². The number of hydrogen-bond acceptors (Lipinski definition) is 0. The zero-order valence-electron chi connectivity index (χ0n) is 27.5. The van der Waals surface area contributed by atoms with Gasteiger partial charge in [-0.25, -0.2) is 0 Å². The Labute approximate surface area is 291 Å². The Balaban J connectivity index is 1.26. The van der Waals surface area contributed by atoms with E-state index in [1.165, 1.54) is 98.4 Å². The van der Waals surface area contributed by atoms with E-state index in [9.17, 15) is 0 Å². The lowest BCUT2D eigenvalue weighted by atomic mass is 9.84. The van der Waals surface area contributed by atoms with E-state index in [2.05, 4.69) is 194 Å². The van der Waals surface area contributed by atoms with E-state index >= 15 is 0 Å². The summed E-state index contributed by atoms with van der Waals surface area (Å²) in [5.41, 5.74) is 9.93. The van der Waals surface area contributed by atoms with Gasteiger partial charge in [0.2, 0.25) is 0 Å². The fourth-order valence-corrected chi connectivity index (χ4v) is 8.01. The van der Waals surface area contributed by atoms with Crippen molar-refractivity contribution in [2.24, 2.45) is 0 Å². The topological polar surface area (TPSA) is 0 Å². The maximum Gasteiger partial charge on any atom is -0.00259 e. The highest BCUT2D eigenvalue weighted by Gasteiger charge is 2.18. The van der Waals surface area contributed by atoms with Crippen LogP contribution in [0.25, 0.3) is 98.4 Å². The zero-order chi connectivity index (χ0) is 33.0. The van der Waals surface area contributed by atoms with Gasteiger partial charge in [-0.3, -0.25) is 0 Å². The molecule has 0 fully saturated rings. The SMILES string of the molecule is c1cc(-c2ccc3c(-c4ccc5ccccc5c4)c4ccccc4c(-c4ccc5ccccc5c4)c3c2)cc(-c2cccc3ccccc23)c1. The first kappa shape index (κ1) is 28.5. The van der Waals surface area contributed by atoms with Crippen LogP contribution in [-0.4, -0.2) is 0 Å². The van der Waals surface area contributed by atoms with Crippen molar-refractivity contribution in [3.05, 3.63) is 194 Å². The molecule has 0 amide bonds. The number of fused-ring (bicyclic) bond motifs is 5. The quantitative estimate of drug-likeness (QED) is 0.169. The van der Waals surface area contributed by atoms with Gasteiger partial charge in [0.05, 0.1) is 0 Å². The van der Waals surface area contributed by atoms with E-state index < -0.39 is 0 Å². The highest BCUT2D eigenvalue weighted by Crippen LogP contribution is 2.46. The summed E-state index contributed by atoms with van der Waals surface area (Å²) in [6.45, 7) is 0. The monoisotopic (exact) mass is 632 g/mol. The lowest BCUT2D eigenvalue weighted by Gasteiger charge is -2.19. The molecule has 0 aliphatic carbocycles. The van der Waals surface area contributed by atoms with Crippen LogP contribution < -0.4 is 0 Å². The zero-order valence-corrected chi connectivity index (χ0v) is 27.5. The molecule has 0 saturated heterocycles. The minimum atomic E-state index is 1.21. The maximum absolute atomic E-state index is 2.43. The molecule has 50 heavy (non-hydrogen) atoms. The lowest BCUT2D eigenvalue weighted by molar-refractivity contribution is 1.62. The summed E-state index contributed by atoms with van der Waals surface area (Å²) in [5, 5.41) is 12.6. The van der Waals surface area contributed by atoms with Crippen molar-refractivity contribution in [3.63, 3.8) is 0 Å². The Morgan fingerprint density at radius 3 is 1.34 bits per heavy atom. The van der Waals surface area contributed by atoms with E-state index in [0.717, 1.165) is 0 Å². The van der Waals surface area contributed by atoms with Crippen molar-refractivity contribution in [2.75, 3.05) is 0 Å². The Morgan fingerprint density at radius 2 is 0.660 bits per heavy atom. The van der Waals surface area contributed by atoms with E-state index in [4.69, 9.17) is 0 Å². The van der Waals surface area contributed by atoms with Gasteiger partial charge >= 0.3 is 0 Å². The first-order valence-electron chi connectivity index (χ1n) is 17.3. The average Bonchev–Trinajstić information content (AvgIpc) is 3.19. The fourth-order valence-electron chi connectivity index (χ4n) is 8.01. The Kier molecular flexibility index (Phi) is 6.60. The summed E-state index contributed by atoms with van der Waals surface area (Å²) in [6.07, 6.45) is 0. The van der Waals surface area contributed by atoms with Crippen molar-refractivity contribution in [1.29, 1.82) is 0 Å². The molecule has 10 aromatic rings. The van der Waals surface area contributed by atoms with Gasteiger partial charge < -0.3 is 0 Å². The highest BCUT2D eigenvalue weighted by atomic mass is 14.2. The predicted octanol–water partition coefficient (Wildman–Crippen LogP) is 14.1. The summed E-state index contributed by atoms with van der Waals surface area (Å²) >= 11 is 0. The number of rotatable bonds is 4. The van der Waals surface area contributed by atoms with Gasteiger partial charge in [0.25, 0.3) is 0 Å². The van der Waals surface area contributed by atoms with E-state index in [0.29, 0.717) is 0 Å². The molecule has 0 unspecified atom stereocenters. The highest BCUT2D eigenvalue weighted by molar-refractivity contribution is 6.22. The molecule has 232 valence electrons. The molecule has 0 atom stereocenters. The molecule has 0 nitrogen and oxygen atoms in total.